The third kappa shape index (κ3) is 2.98. The molecular weight excluding hydrogens is 167 g/mol. The van der Waals surface area contributed by atoms with Crippen LogP contribution >= 0.6 is 0 Å². The van der Waals surface area contributed by atoms with Gasteiger partial charge >= 0.3 is 0 Å². The zero-order chi connectivity index (χ0) is 9.90. The van der Waals surface area contributed by atoms with Gasteiger partial charge in [0.05, 0.1) is 0 Å². The van der Waals surface area contributed by atoms with Crippen LogP contribution in [0.3, 0.4) is 0 Å². The number of halogens is 1. The first kappa shape index (κ1) is 9.90. The van der Waals surface area contributed by atoms with E-state index in [1.807, 2.05) is 6.07 Å². The lowest BCUT2D eigenvalue weighted by molar-refractivity contribution is 0.112. The van der Waals surface area contributed by atoms with Crippen LogP contribution in [0.5, 0.6) is 0 Å². The lowest BCUT2D eigenvalue weighted by Gasteiger charge is -2.14. The fourth-order valence-electron chi connectivity index (χ4n) is 1.26. The van der Waals surface area contributed by atoms with Crippen molar-refractivity contribution in [3.05, 3.63) is 35.4 Å². The number of hydrogen-bond donors (Lipinski definition) is 0. The van der Waals surface area contributed by atoms with Crippen molar-refractivity contribution in [1.29, 1.82) is 0 Å². The maximum absolute atomic E-state index is 13.3. The fraction of sp³-hybridized carbons (Fsp3) is 0.364. The second kappa shape index (κ2) is 3.69. The van der Waals surface area contributed by atoms with E-state index in [0.29, 0.717) is 5.56 Å². The summed E-state index contributed by atoms with van der Waals surface area (Å²) in [5, 5.41) is 0. The monoisotopic (exact) mass is 180 g/mol. The molecule has 0 N–H and O–H groups in total. The molecule has 0 amide bonds. The Labute approximate surface area is 77.6 Å². The molecule has 0 aliphatic rings. The number of carbonyl (C=O) groups is 1. The van der Waals surface area contributed by atoms with E-state index in [-0.39, 0.29) is 6.42 Å². The summed E-state index contributed by atoms with van der Waals surface area (Å²) in [4.78, 5) is 10.6. The molecule has 0 saturated carbocycles. The zero-order valence-corrected chi connectivity index (χ0v) is 7.88. The van der Waals surface area contributed by atoms with E-state index < -0.39 is 5.67 Å². The van der Waals surface area contributed by atoms with Gasteiger partial charge < -0.3 is 0 Å². The lowest BCUT2D eigenvalue weighted by atomic mass is 9.97. The third-order valence-corrected chi connectivity index (χ3v) is 1.79. The van der Waals surface area contributed by atoms with Gasteiger partial charge in [0.1, 0.15) is 12.0 Å². The van der Waals surface area contributed by atoms with Gasteiger partial charge in [-0.15, -0.1) is 0 Å². The van der Waals surface area contributed by atoms with Crippen LogP contribution in [0.15, 0.2) is 24.3 Å². The standard InChI is InChI=1S/C11H13FO/c1-11(2,12)7-9-5-3-4-6-10(9)8-13/h3-6,8H,7H2,1-2H3. The number of carbonyl (C=O) groups excluding carboxylic acids is 1. The highest BCUT2D eigenvalue weighted by molar-refractivity contribution is 5.77. The minimum atomic E-state index is -1.26. The van der Waals surface area contributed by atoms with E-state index in [0.717, 1.165) is 11.8 Å². The van der Waals surface area contributed by atoms with Crippen molar-refractivity contribution in [3.63, 3.8) is 0 Å². The number of rotatable bonds is 3. The van der Waals surface area contributed by atoms with Crippen LogP contribution in [0.4, 0.5) is 4.39 Å². The molecule has 13 heavy (non-hydrogen) atoms. The van der Waals surface area contributed by atoms with Crippen LogP contribution in [-0.2, 0) is 6.42 Å². The summed E-state index contributed by atoms with van der Waals surface area (Å²) in [7, 11) is 0. The molecule has 0 bridgehead atoms. The van der Waals surface area contributed by atoms with Gasteiger partial charge in [-0.2, -0.15) is 0 Å². The highest BCUT2D eigenvalue weighted by Crippen LogP contribution is 2.18. The van der Waals surface area contributed by atoms with Crippen molar-refractivity contribution >= 4 is 6.29 Å². The Hall–Kier alpha value is -1.18. The average molecular weight is 180 g/mol. The van der Waals surface area contributed by atoms with Crippen molar-refractivity contribution in [2.24, 2.45) is 0 Å². The van der Waals surface area contributed by atoms with Gasteiger partial charge in [-0.05, 0) is 19.4 Å². The van der Waals surface area contributed by atoms with Crippen LogP contribution in [0.2, 0.25) is 0 Å². The summed E-state index contributed by atoms with van der Waals surface area (Å²) >= 11 is 0. The van der Waals surface area contributed by atoms with E-state index in [1.54, 1.807) is 18.2 Å². The van der Waals surface area contributed by atoms with Crippen LogP contribution < -0.4 is 0 Å². The number of benzene rings is 1. The highest BCUT2D eigenvalue weighted by Gasteiger charge is 2.17. The van der Waals surface area contributed by atoms with Gasteiger partial charge in [-0.3, -0.25) is 4.79 Å². The summed E-state index contributed by atoms with van der Waals surface area (Å²) < 4.78 is 13.3. The summed E-state index contributed by atoms with van der Waals surface area (Å²) in [6.07, 6.45) is 1.04. The van der Waals surface area contributed by atoms with Crippen molar-refractivity contribution in [3.8, 4) is 0 Å². The molecule has 1 rings (SSSR count). The lowest BCUT2D eigenvalue weighted by Crippen LogP contribution is -2.16. The summed E-state index contributed by atoms with van der Waals surface area (Å²) in [5.41, 5.74) is 0.0808. The van der Waals surface area contributed by atoms with Crippen molar-refractivity contribution in [1.82, 2.24) is 0 Å². The minimum Gasteiger partial charge on any atom is -0.298 e. The first-order chi connectivity index (χ1) is 6.03. The van der Waals surface area contributed by atoms with Crippen LogP contribution in [-0.4, -0.2) is 12.0 Å². The molecule has 0 aliphatic carbocycles. The average Bonchev–Trinajstić information content (AvgIpc) is 2.02. The van der Waals surface area contributed by atoms with Crippen LogP contribution in [0.1, 0.15) is 29.8 Å². The molecule has 70 valence electrons. The molecule has 0 aliphatic heterocycles. The molecule has 0 radical (unpaired) electrons. The smallest absolute Gasteiger partial charge is 0.150 e. The van der Waals surface area contributed by atoms with Crippen LogP contribution in [0.25, 0.3) is 0 Å². The fourth-order valence-corrected chi connectivity index (χ4v) is 1.26. The molecular formula is C11H13FO. The molecule has 2 heteroatoms. The Bertz CT molecular complexity index is 299. The van der Waals surface area contributed by atoms with E-state index >= 15 is 0 Å². The van der Waals surface area contributed by atoms with Gasteiger partial charge in [-0.25, -0.2) is 4.39 Å². The second-order valence-electron chi connectivity index (χ2n) is 3.71. The maximum Gasteiger partial charge on any atom is 0.150 e. The summed E-state index contributed by atoms with van der Waals surface area (Å²) in [6, 6.07) is 7.08. The van der Waals surface area contributed by atoms with Gasteiger partial charge in [0.2, 0.25) is 0 Å². The second-order valence-corrected chi connectivity index (χ2v) is 3.71. The molecule has 0 spiro atoms. The molecule has 1 aromatic rings. The van der Waals surface area contributed by atoms with E-state index in [1.165, 1.54) is 13.8 Å². The van der Waals surface area contributed by atoms with E-state index in [9.17, 15) is 9.18 Å². The molecule has 0 saturated heterocycles. The first-order valence-corrected chi connectivity index (χ1v) is 4.25. The minimum absolute atomic E-state index is 0.280. The summed E-state index contributed by atoms with van der Waals surface area (Å²) in [6.45, 7) is 3.02. The molecule has 0 aromatic heterocycles. The molecule has 0 heterocycles. The maximum atomic E-state index is 13.3. The highest BCUT2D eigenvalue weighted by atomic mass is 19.1. The van der Waals surface area contributed by atoms with E-state index in [4.69, 9.17) is 0 Å². The Kier molecular flexibility index (Phi) is 2.81. The molecule has 1 aromatic carbocycles. The predicted octanol–water partition coefficient (Wildman–Crippen LogP) is 2.79. The topological polar surface area (TPSA) is 17.1 Å². The van der Waals surface area contributed by atoms with Crippen molar-refractivity contribution < 1.29 is 9.18 Å². The Balaban J connectivity index is 2.94. The van der Waals surface area contributed by atoms with Crippen LogP contribution in [0, 0.1) is 0 Å². The molecule has 1 nitrogen and oxygen atoms in total. The normalized spacial score (nSPS) is 11.3. The SMILES string of the molecule is CC(C)(F)Cc1ccccc1C=O. The number of aldehydes is 1. The molecule has 0 fully saturated rings. The first-order valence-electron chi connectivity index (χ1n) is 4.25. The molecule has 0 atom stereocenters. The Morgan fingerprint density at radius 3 is 2.54 bits per heavy atom. The van der Waals surface area contributed by atoms with Gasteiger partial charge in [0.15, 0.2) is 0 Å². The third-order valence-electron chi connectivity index (χ3n) is 1.79. The largest absolute Gasteiger partial charge is 0.298 e. The zero-order valence-electron chi connectivity index (χ0n) is 7.88. The Morgan fingerprint density at radius 2 is 2.00 bits per heavy atom. The summed E-state index contributed by atoms with van der Waals surface area (Å²) in [5.74, 6) is 0. The van der Waals surface area contributed by atoms with Crippen molar-refractivity contribution in [2.45, 2.75) is 25.9 Å². The number of alkyl halides is 1. The van der Waals surface area contributed by atoms with E-state index in [2.05, 4.69) is 0 Å². The Morgan fingerprint density at radius 1 is 1.38 bits per heavy atom. The van der Waals surface area contributed by atoms with Gasteiger partial charge in [0, 0.05) is 12.0 Å². The van der Waals surface area contributed by atoms with Gasteiger partial charge in [0.25, 0.3) is 0 Å². The molecule has 0 unspecified atom stereocenters. The number of hydrogen-bond acceptors (Lipinski definition) is 1. The quantitative estimate of drug-likeness (QED) is 0.654. The predicted molar refractivity (Wildman–Crippen MR) is 50.7 cm³/mol. The van der Waals surface area contributed by atoms with Crippen molar-refractivity contribution in [2.75, 3.05) is 0 Å². The van der Waals surface area contributed by atoms with Gasteiger partial charge in [-0.1, -0.05) is 24.3 Å².